The lowest BCUT2D eigenvalue weighted by Crippen LogP contribution is -2.12. The van der Waals surface area contributed by atoms with Crippen LogP contribution in [-0.4, -0.2) is 0 Å². The summed E-state index contributed by atoms with van der Waals surface area (Å²) in [5, 5.41) is 9.27. The maximum Gasteiger partial charge on any atom is 0.0689 e. The molecule has 1 aliphatic rings. The van der Waals surface area contributed by atoms with E-state index >= 15 is 0 Å². The minimum absolute atomic E-state index is 0.0855. The van der Waals surface area contributed by atoms with E-state index in [9.17, 15) is 5.26 Å². The van der Waals surface area contributed by atoms with Crippen LogP contribution in [0.5, 0.6) is 0 Å². The Morgan fingerprint density at radius 2 is 1.41 bits per heavy atom. The summed E-state index contributed by atoms with van der Waals surface area (Å²) in [5.74, 6) is 0. The van der Waals surface area contributed by atoms with Crippen molar-refractivity contribution >= 4 is 0 Å². The predicted molar refractivity (Wildman–Crippen MR) is 73.7 cm³/mol. The van der Waals surface area contributed by atoms with Gasteiger partial charge in [0.1, 0.15) is 0 Å². The first-order valence-corrected chi connectivity index (χ1v) is 7.74. The van der Waals surface area contributed by atoms with Gasteiger partial charge in [-0.25, -0.2) is 0 Å². The van der Waals surface area contributed by atoms with Crippen LogP contribution >= 0.6 is 0 Å². The van der Waals surface area contributed by atoms with Crippen LogP contribution < -0.4 is 0 Å². The highest BCUT2D eigenvalue weighted by atomic mass is 14.4. The van der Waals surface area contributed by atoms with Crippen LogP contribution in [0.25, 0.3) is 0 Å². The van der Waals surface area contributed by atoms with Crippen LogP contribution in [0, 0.1) is 16.7 Å². The summed E-state index contributed by atoms with van der Waals surface area (Å²) in [6.45, 7) is 2.27. The van der Waals surface area contributed by atoms with Crippen LogP contribution in [0.2, 0.25) is 0 Å². The van der Waals surface area contributed by atoms with Crippen LogP contribution in [-0.2, 0) is 0 Å². The molecule has 0 unspecified atom stereocenters. The highest BCUT2D eigenvalue weighted by Crippen LogP contribution is 2.41. The molecule has 1 saturated carbocycles. The molecule has 1 fully saturated rings. The van der Waals surface area contributed by atoms with Crippen molar-refractivity contribution in [2.45, 2.75) is 90.4 Å². The molecule has 98 valence electrons. The standard InChI is InChI=1S/C16H29N/c1-2-3-4-5-6-7-8-9-12-16(15-17)13-10-11-14-16/h2-14H2,1H3. The zero-order valence-electron chi connectivity index (χ0n) is 11.6. The summed E-state index contributed by atoms with van der Waals surface area (Å²) < 4.78 is 0. The Labute approximate surface area is 108 Å². The normalized spacial score (nSPS) is 18.1. The molecule has 17 heavy (non-hydrogen) atoms. The molecule has 0 atom stereocenters. The molecule has 0 N–H and O–H groups in total. The van der Waals surface area contributed by atoms with Gasteiger partial charge < -0.3 is 0 Å². The molecule has 0 bridgehead atoms. The lowest BCUT2D eigenvalue weighted by molar-refractivity contribution is 0.356. The largest absolute Gasteiger partial charge is 0.198 e. The predicted octanol–water partition coefficient (Wildman–Crippen LogP) is 5.60. The zero-order chi connectivity index (χ0) is 12.4. The monoisotopic (exact) mass is 235 g/mol. The molecular formula is C16H29N. The smallest absolute Gasteiger partial charge is 0.0689 e. The fraction of sp³-hybridized carbons (Fsp3) is 0.938. The van der Waals surface area contributed by atoms with Gasteiger partial charge in [-0.1, -0.05) is 71.1 Å². The molecule has 1 nitrogen and oxygen atoms in total. The van der Waals surface area contributed by atoms with E-state index < -0.39 is 0 Å². The fourth-order valence-corrected chi connectivity index (χ4v) is 3.07. The number of hydrogen-bond acceptors (Lipinski definition) is 1. The van der Waals surface area contributed by atoms with Gasteiger partial charge in [-0.2, -0.15) is 5.26 Å². The summed E-state index contributed by atoms with van der Waals surface area (Å²) >= 11 is 0. The molecule has 0 heterocycles. The minimum Gasteiger partial charge on any atom is -0.198 e. The number of nitriles is 1. The molecule has 0 saturated heterocycles. The molecular weight excluding hydrogens is 206 g/mol. The molecule has 0 aliphatic heterocycles. The van der Waals surface area contributed by atoms with Crippen molar-refractivity contribution < 1.29 is 0 Å². The first-order chi connectivity index (χ1) is 8.33. The van der Waals surface area contributed by atoms with E-state index in [-0.39, 0.29) is 5.41 Å². The number of hydrogen-bond donors (Lipinski definition) is 0. The minimum atomic E-state index is 0.0855. The van der Waals surface area contributed by atoms with Crippen molar-refractivity contribution in [2.75, 3.05) is 0 Å². The summed E-state index contributed by atoms with van der Waals surface area (Å²) in [6, 6.07) is 2.60. The summed E-state index contributed by atoms with van der Waals surface area (Å²) in [5.41, 5.74) is 0.0855. The lowest BCUT2D eigenvalue weighted by atomic mass is 9.82. The molecule has 0 amide bonds. The SMILES string of the molecule is CCCCCCCCCCC1(C#N)CCCC1. The molecule has 1 aliphatic carbocycles. The first kappa shape index (κ1) is 14.6. The second-order valence-electron chi connectivity index (χ2n) is 5.82. The quantitative estimate of drug-likeness (QED) is 0.477. The van der Waals surface area contributed by atoms with Gasteiger partial charge in [0.05, 0.1) is 11.5 Å². The van der Waals surface area contributed by atoms with Crippen molar-refractivity contribution in [3.05, 3.63) is 0 Å². The van der Waals surface area contributed by atoms with Crippen LogP contribution in [0.3, 0.4) is 0 Å². The van der Waals surface area contributed by atoms with E-state index in [2.05, 4.69) is 13.0 Å². The second kappa shape index (κ2) is 8.56. The summed E-state index contributed by atoms with van der Waals surface area (Å²) in [7, 11) is 0. The summed E-state index contributed by atoms with van der Waals surface area (Å²) in [4.78, 5) is 0. The van der Waals surface area contributed by atoms with Gasteiger partial charge in [0.25, 0.3) is 0 Å². The maximum atomic E-state index is 9.27. The molecule has 1 rings (SSSR count). The fourth-order valence-electron chi connectivity index (χ4n) is 3.07. The third-order valence-electron chi connectivity index (χ3n) is 4.31. The average Bonchev–Trinajstić information content (AvgIpc) is 2.82. The Hall–Kier alpha value is -0.510. The Bertz CT molecular complexity index is 220. The first-order valence-electron chi connectivity index (χ1n) is 7.74. The highest BCUT2D eigenvalue weighted by Gasteiger charge is 2.32. The zero-order valence-corrected chi connectivity index (χ0v) is 11.6. The Kier molecular flexibility index (Phi) is 7.33. The van der Waals surface area contributed by atoms with Crippen LogP contribution in [0.4, 0.5) is 0 Å². The van der Waals surface area contributed by atoms with Gasteiger partial charge in [0, 0.05) is 0 Å². The van der Waals surface area contributed by atoms with Crippen molar-refractivity contribution in [1.82, 2.24) is 0 Å². The van der Waals surface area contributed by atoms with Gasteiger partial charge in [-0.05, 0) is 19.3 Å². The number of nitrogens with zero attached hydrogens (tertiary/aromatic N) is 1. The Balaban J connectivity index is 1.95. The Morgan fingerprint density at radius 3 is 1.94 bits per heavy atom. The third-order valence-corrected chi connectivity index (χ3v) is 4.31. The molecule has 0 radical (unpaired) electrons. The molecule has 0 aromatic heterocycles. The topological polar surface area (TPSA) is 23.8 Å². The van der Waals surface area contributed by atoms with E-state index in [0.717, 1.165) is 0 Å². The van der Waals surface area contributed by atoms with E-state index in [1.165, 1.54) is 83.5 Å². The van der Waals surface area contributed by atoms with Crippen molar-refractivity contribution in [2.24, 2.45) is 5.41 Å². The molecule has 0 aromatic rings. The van der Waals surface area contributed by atoms with Crippen molar-refractivity contribution in [3.8, 4) is 6.07 Å². The third kappa shape index (κ3) is 5.57. The van der Waals surface area contributed by atoms with Gasteiger partial charge in [-0.3, -0.25) is 0 Å². The number of rotatable bonds is 9. The van der Waals surface area contributed by atoms with Crippen molar-refractivity contribution in [1.29, 1.82) is 5.26 Å². The van der Waals surface area contributed by atoms with E-state index in [4.69, 9.17) is 0 Å². The maximum absolute atomic E-state index is 9.27. The van der Waals surface area contributed by atoms with Crippen LogP contribution in [0.1, 0.15) is 90.4 Å². The molecule has 1 heteroatoms. The summed E-state index contributed by atoms with van der Waals surface area (Å²) in [6.07, 6.45) is 17.0. The molecule has 0 spiro atoms. The van der Waals surface area contributed by atoms with E-state index in [1.807, 2.05) is 0 Å². The highest BCUT2D eigenvalue weighted by molar-refractivity contribution is 5.01. The van der Waals surface area contributed by atoms with Gasteiger partial charge in [0.2, 0.25) is 0 Å². The number of unbranched alkanes of at least 4 members (excludes halogenated alkanes) is 7. The molecule has 0 aromatic carbocycles. The van der Waals surface area contributed by atoms with Crippen LogP contribution in [0.15, 0.2) is 0 Å². The van der Waals surface area contributed by atoms with Gasteiger partial charge in [0.15, 0.2) is 0 Å². The van der Waals surface area contributed by atoms with E-state index in [1.54, 1.807) is 0 Å². The van der Waals surface area contributed by atoms with Crippen molar-refractivity contribution in [3.63, 3.8) is 0 Å². The second-order valence-corrected chi connectivity index (χ2v) is 5.82. The lowest BCUT2D eigenvalue weighted by Gasteiger charge is -2.19. The Morgan fingerprint density at radius 1 is 0.882 bits per heavy atom. The average molecular weight is 235 g/mol. The van der Waals surface area contributed by atoms with E-state index in [0.29, 0.717) is 0 Å². The van der Waals surface area contributed by atoms with Gasteiger partial charge >= 0.3 is 0 Å². The van der Waals surface area contributed by atoms with Gasteiger partial charge in [-0.15, -0.1) is 0 Å².